The number of hydrogen-bond donors (Lipinski definition) is 1. The van der Waals surface area contributed by atoms with E-state index in [4.69, 9.17) is 0 Å². The maximum absolute atomic E-state index is 13.1. The van der Waals surface area contributed by atoms with Crippen LogP contribution in [0.1, 0.15) is 24.2 Å². The van der Waals surface area contributed by atoms with E-state index in [-0.39, 0.29) is 11.7 Å². The fourth-order valence-electron chi connectivity index (χ4n) is 2.60. The molecule has 1 saturated heterocycles. The monoisotopic (exact) mass is 280 g/mol. The molecule has 0 saturated carbocycles. The molecule has 0 spiro atoms. The van der Waals surface area contributed by atoms with Crippen molar-refractivity contribution in [2.45, 2.75) is 20.0 Å². The van der Waals surface area contributed by atoms with Crippen LogP contribution in [-0.2, 0) is 4.79 Å². The van der Waals surface area contributed by atoms with Gasteiger partial charge in [-0.25, -0.2) is 4.39 Å². The number of amides is 1. The lowest BCUT2D eigenvalue weighted by molar-refractivity contribution is -0.130. The van der Waals surface area contributed by atoms with E-state index < -0.39 is 6.10 Å². The Morgan fingerprint density at radius 3 is 2.55 bits per heavy atom. The quantitative estimate of drug-likeness (QED) is 0.908. The molecule has 0 aliphatic carbocycles. The van der Waals surface area contributed by atoms with Crippen LogP contribution in [0.2, 0.25) is 0 Å². The van der Waals surface area contributed by atoms with Gasteiger partial charge in [0.15, 0.2) is 0 Å². The maximum Gasteiger partial charge on any atom is 0.219 e. The van der Waals surface area contributed by atoms with Crippen molar-refractivity contribution in [3.63, 3.8) is 0 Å². The number of β-amino-alcohol motifs (C(OH)–C–C–N with tert-alkyl or cyclic N) is 1. The summed E-state index contributed by atoms with van der Waals surface area (Å²) in [6.45, 7) is 6.81. The van der Waals surface area contributed by atoms with Gasteiger partial charge in [-0.3, -0.25) is 9.69 Å². The normalized spacial score (nSPS) is 18.1. The van der Waals surface area contributed by atoms with Gasteiger partial charge in [0.1, 0.15) is 5.82 Å². The lowest BCUT2D eigenvalue weighted by atomic mass is 10.0. The molecule has 2 rings (SSSR count). The molecule has 1 fully saturated rings. The van der Waals surface area contributed by atoms with Crippen molar-refractivity contribution in [1.29, 1.82) is 0 Å². The van der Waals surface area contributed by atoms with E-state index in [1.54, 1.807) is 19.9 Å². The third kappa shape index (κ3) is 3.55. The third-order valence-electron chi connectivity index (χ3n) is 3.84. The van der Waals surface area contributed by atoms with E-state index in [9.17, 15) is 14.3 Å². The average Bonchev–Trinajstić information content (AvgIpc) is 2.39. The molecule has 1 atom stereocenters. The topological polar surface area (TPSA) is 43.8 Å². The van der Waals surface area contributed by atoms with Crippen molar-refractivity contribution in [3.05, 3.63) is 35.1 Å². The first kappa shape index (κ1) is 14.9. The molecule has 20 heavy (non-hydrogen) atoms. The number of aryl methyl sites for hydroxylation is 1. The van der Waals surface area contributed by atoms with Crippen LogP contribution < -0.4 is 0 Å². The SMILES string of the molecule is CC(=O)N1CCN(CC(O)c2ccc(F)cc2C)CC1. The number of halogens is 1. The van der Waals surface area contributed by atoms with Gasteiger partial charge in [0.05, 0.1) is 6.10 Å². The summed E-state index contributed by atoms with van der Waals surface area (Å²) in [7, 11) is 0. The molecule has 1 aliphatic heterocycles. The lowest BCUT2D eigenvalue weighted by Gasteiger charge is -2.35. The zero-order chi connectivity index (χ0) is 14.7. The van der Waals surface area contributed by atoms with Crippen molar-refractivity contribution in [1.82, 2.24) is 9.80 Å². The molecule has 1 heterocycles. The van der Waals surface area contributed by atoms with Gasteiger partial charge in [0.2, 0.25) is 5.91 Å². The zero-order valence-electron chi connectivity index (χ0n) is 12.0. The molecule has 1 aromatic carbocycles. The Morgan fingerprint density at radius 1 is 1.35 bits per heavy atom. The summed E-state index contributed by atoms with van der Waals surface area (Å²) in [6, 6.07) is 4.45. The second-order valence-corrected chi connectivity index (χ2v) is 5.32. The zero-order valence-corrected chi connectivity index (χ0v) is 12.0. The molecule has 1 unspecified atom stereocenters. The Labute approximate surface area is 118 Å². The Balaban J connectivity index is 1.92. The molecule has 1 amide bonds. The van der Waals surface area contributed by atoms with Crippen LogP contribution >= 0.6 is 0 Å². The smallest absolute Gasteiger partial charge is 0.219 e. The van der Waals surface area contributed by atoms with Crippen LogP contribution in [0.3, 0.4) is 0 Å². The van der Waals surface area contributed by atoms with Gasteiger partial charge in [-0.2, -0.15) is 0 Å². The second kappa shape index (κ2) is 6.33. The number of aliphatic hydroxyl groups is 1. The number of piperazine rings is 1. The summed E-state index contributed by atoms with van der Waals surface area (Å²) in [5.74, 6) is -0.187. The number of benzene rings is 1. The van der Waals surface area contributed by atoms with Crippen molar-refractivity contribution < 1.29 is 14.3 Å². The van der Waals surface area contributed by atoms with Crippen LogP contribution in [0.25, 0.3) is 0 Å². The number of carbonyl (C=O) groups is 1. The average molecular weight is 280 g/mol. The predicted octanol–water partition coefficient (Wildman–Crippen LogP) is 1.33. The Kier molecular flexibility index (Phi) is 4.73. The molecular weight excluding hydrogens is 259 g/mol. The summed E-state index contributed by atoms with van der Waals surface area (Å²) in [6.07, 6.45) is -0.625. The molecule has 1 N–H and O–H groups in total. The van der Waals surface area contributed by atoms with Gasteiger partial charge in [0.25, 0.3) is 0 Å². The molecule has 1 aliphatic rings. The molecule has 4 nitrogen and oxygen atoms in total. The summed E-state index contributed by atoms with van der Waals surface area (Å²) >= 11 is 0. The first-order valence-electron chi connectivity index (χ1n) is 6.89. The third-order valence-corrected chi connectivity index (χ3v) is 3.84. The molecule has 0 radical (unpaired) electrons. The van der Waals surface area contributed by atoms with Gasteiger partial charge in [-0.05, 0) is 30.2 Å². The van der Waals surface area contributed by atoms with Gasteiger partial charge in [0, 0.05) is 39.6 Å². The largest absolute Gasteiger partial charge is 0.387 e. The van der Waals surface area contributed by atoms with E-state index in [2.05, 4.69) is 4.90 Å². The van der Waals surface area contributed by atoms with Crippen molar-refractivity contribution in [2.75, 3.05) is 32.7 Å². The number of carbonyl (C=O) groups excluding carboxylic acids is 1. The van der Waals surface area contributed by atoms with Crippen molar-refractivity contribution >= 4 is 5.91 Å². The molecular formula is C15H21FN2O2. The van der Waals surface area contributed by atoms with E-state index in [1.165, 1.54) is 12.1 Å². The molecule has 110 valence electrons. The number of nitrogens with zero attached hydrogens (tertiary/aromatic N) is 2. The Hall–Kier alpha value is -1.46. The van der Waals surface area contributed by atoms with E-state index in [1.807, 2.05) is 4.90 Å². The molecule has 5 heteroatoms. The molecule has 0 bridgehead atoms. The van der Waals surface area contributed by atoms with Crippen LogP contribution in [-0.4, -0.2) is 53.5 Å². The first-order chi connectivity index (χ1) is 9.47. The van der Waals surface area contributed by atoms with E-state index in [0.717, 1.165) is 24.2 Å². The van der Waals surface area contributed by atoms with Crippen molar-refractivity contribution in [3.8, 4) is 0 Å². The second-order valence-electron chi connectivity index (χ2n) is 5.32. The van der Waals surface area contributed by atoms with Gasteiger partial charge in [-0.1, -0.05) is 6.07 Å². The highest BCUT2D eigenvalue weighted by atomic mass is 19.1. The fourth-order valence-corrected chi connectivity index (χ4v) is 2.60. The highest BCUT2D eigenvalue weighted by Crippen LogP contribution is 2.20. The van der Waals surface area contributed by atoms with Gasteiger partial charge >= 0.3 is 0 Å². The highest BCUT2D eigenvalue weighted by Gasteiger charge is 2.21. The van der Waals surface area contributed by atoms with Crippen LogP contribution in [0.5, 0.6) is 0 Å². The fraction of sp³-hybridized carbons (Fsp3) is 0.533. The first-order valence-corrected chi connectivity index (χ1v) is 6.89. The number of hydrogen-bond acceptors (Lipinski definition) is 3. The number of aliphatic hydroxyl groups excluding tert-OH is 1. The van der Waals surface area contributed by atoms with Crippen LogP contribution in [0.15, 0.2) is 18.2 Å². The highest BCUT2D eigenvalue weighted by molar-refractivity contribution is 5.73. The summed E-state index contributed by atoms with van der Waals surface area (Å²) in [5.41, 5.74) is 1.53. The Morgan fingerprint density at radius 2 is 2.00 bits per heavy atom. The van der Waals surface area contributed by atoms with Gasteiger partial charge < -0.3 is 10.0 Å². The molecule has 1 aromatic rings. The van der Waals surface area contributed by atoms with E-state index in [0.29, 0.717) is 19.6 Å². The minimum absolute atomic E-state index is 0.0968. The lowest BCUT2D eigenvalue weighted by Crippen LogP contribution is -2.48. The minimum Gasteiger partial charge on any atom is -0.387 e. The number of rotatable bonds is 3. The minimum atomic E-state index is -0.625. The standard InChI is InChI=1S/C15H21FN2O2/c1-11-9-13(16)3-4-14(11)15(20)10-17-5-7-18(8-6-17)12(2)19/h3-4,9,15,20H,5-8,10H2,1-2H3. The van der Waals surface area contributed by atoms with Crippen LogP contribution in [0.4, 0.5) is 4.39 Å². The van der Waals surface area contributed by atoms with Crippen LogP contribution in [0, 0.1) is 12.7 Å². The van der Waals surface area contributed by atoms with Crippen molar-refractivity contribution in [2.24, 2.45) is 0 Å². The van der Waals surface area contributed by atoms with E-state index >= 15 is 0 Å². The summed E-state index contributed by atoms with van der Waals surface area (Å²) < 4.78 is 13.1. The Bertz CT molecular complexity index is 485. The van der Waals surface area contributed by atoms with Gasteiger partial charge in [-0.15, -0.1) is 0 Å². The molecule has 0 aromatic heterocycles. The predicted molar refractivity (Wildman–Crippen MR) is 74.8 cm³/mol. The summed E-state index contributed by atoms with van der Waals surface area (Å²) in [4.78, 5) is 15.2. The summed E-state index contributed by atoms with van der Waals surface area (Å²) in [5, 5.41) is 10.3. The maximum atomic E-state index is 13.1.